The summed E-state index contributed by atoms with van der Waals surface area (Å²) in [5, 5.41) is 2.46. The van der Waals surface area contributed by atoms with E-state index in [-0.39, 0.29) is 11.8 Å². The van der Waals surface area contributed by atoms with Crippen molar-refractivity contribution in [3.63, 3.8) is 0 Å². The molecule has 0 fully saturated rings. The molecular formula is C22H32O2Si. The Morgan fingerprint density at radius 3 is 2.48 bits per heavy atom. The topological polar surface area (TPSA) is 29.5 Å². The highest BCUT2D eigenvalue weighted by atomic mass is 28.4. The van der Waals surface area contributed by atoms with E-state index < -0.39 is 8.32 Å². The summed E-state index contributed by atoms with van der Waals surface area (Å²) < 4.78 is 6.48. The fraction of sp³-hybridized carbons (Fsp3) is 0.455. The number of unbranched alkanes of at least 4 members (excludes halogenated alkanes) is 2. The lowest BCUT2D eigenvalue weighted by atomic mass is 10.0. The molecule has 2 aromatic rings. The van der Waals surface area contributed by atoms with Crippen molar-refractivity contribution in [3.05, 3.63) is 60.7 Å². The van der Waals surface area contributed by atoms with E-state index in [1.54, 1.807) is 0 Å². The molecule has 0 heterocycles. The van der Waals surface area contributed by atoms with Crippen LogP contribution in [0.25, 0.3) is 10.8 Å². The summed E-state index contributed by atoms with van der Waals surface area (Å²) in [4.78, 5) is 10.7. The van der Waals surface area contributed by atoms with Crippen LogP contribution in [0.4, 0.5) is 0 Å². The SMILES string of the molecule is C=CC[C@@H](O[C@H](CCCCC)[Si](C)(C)O)c1ccc2ccccc2c1. The van der Waals surface area contributed by atoms with Gasteiger partial charge in [-0.3, -0.25) is 0 Å². The molecule has 0 bridgehead atoms. The van der Waals surface area contributed by atoms with E-state index >= 15 is 0 Å². The maximum Gasteiger partial charge on any atom is 0.210 e. The van der Waals surface area contributed by atoms with Gasteiger partial charge in [0.05, 0.1) is 11.8 Å². The van der Waals surface area contributed by atoms with Gasteiger partial charge < -0.3 is 9.53 Å². The number of hydrogen-bond acceptors (Lipinski definition) is 2. The maximum atomic E-state index is 10.7. The molecule has 3 heteroatoms. The molecule has 0 aliphatic carbocycles. The van der Waals surface area contributed by atoms with E-state index in [4.69, 9.17) is 4.74 Å². The van der Waals surface area contributed by atoms with E-state index in [9.17, 15) is 4.80 Å². The van der Waals surface area contributed by atoms with Gasteiger partial charge in [-0.25, -0.2) is 0 Å². The van der Waals surface area contributed by atoms with Crippen molar-refractivity contribution in [2.45, 2.75) is 64.0 Å². The Kier molecular flexibility index (Phi) is 7.42. The fourth-order valence-electron chi connectivity index (χ4n) is 3.20. The van der Waals surface area contributed by atoms with E-state index in [0.29, 0.717) is 0 Å². The first-order valence-corrected chi connectivity index (χ1v) is 12.5. The van der Waals surface area contributed by atoms with Gasteiger partial charge in [-0.15, -0.1) is 6.58 Å². The number of benzene rings is 2. The van der Waals surface area contributed by atoms with Gasteiger partial charge in [-0.1, -0.05) is 68.7 Å². The lowest BCUT2D eigenvalue weighted by Crippen LogP contribution is -2.44. The van der Waals surface area contributed by atoms with E-state index in [1.807, 2.05) is 19.2 Å². The van der Waals surface area contributed by atoms with Crippen LogP contribution in [-0.4, -0.2) is 18.8 Å². The van der Waals surface area contributed by atoms with Crippen LogP contribution >= 0.6 is 0 Å². The predicted molar refractivity (Wildman–Crippen MR) is 110 cm³/mol. The van der Waals surface area contributed by atoms with E-state index in [2.05, 4.69) is 56.0 Å². The van der Waals surface area contributed by atoms with Crippen LogP contribution in [0.5, 0.6) is 0 Å². The second-order valence-corrected chi connectivity index (χ2v) is 11.3. The Hall–Kier alpha value is -1.42. The Morgan fingerprint density at radius 2 is 1.84 bits per heavy atom. The zero-order valence-corrected chi connectivity index (χ0v) is 16.9. The Morgan fingerprint density at radius 1 is 1.12 bits per heavy atom. The van der Waals surface area contributed by atoms with Crippen molar-refractivity contribution in [2.24, 2.45) is 0 Å². The molecule has 0 radical (unpaired) electrons. The lowest BCUT2D eigenvalue weighted by molar-refractivity contribution is 0.0135. The smallest absolute Gasteiger partial charge is 0.210 e. The molecule has 2 rings (SSSR count). The van der Waals surface area contributed by atoms with Crippen molar-refractivity contribution in [1.82, 2.24) is 0 Å². The van der Waals surface area contributed by atoms with Crippen LogP contribution in [0, 0.1) is 0 Å². The third kappa shape index (κ3) is 5.81. The first-order chi connectivity index (χ1) is 12.0. The standard InChI is InChI=1S/C22H32O2Si/c1-5-7-8-14-22(25(3,4)23)24-21(11-6-2)20-16-15-18-12-9-10-13-19(18)17-20/h6,9-10,12-13,15-17,21-23H,2,5,7-8,11,14H2,1,3-4H3/t21-,22+/m1/s1. The average molecular weight is 357 g/mol. The predicted octanol–water partition coefficient (Wildman–Crippen LogP) is 6.16. The van der Waals surface area contributed by atoms with Gasteiger partial charge in [0.2, 0.25) is 8.32 Å². The molecule has 0 aliphatic rings. The molecule has 0 aromatic heterocycles. The van der Waals surface area contributed by atoms with Crippen LogP contribution < -0.4 is 0 Å². The third-order valence-corrected chi connectivity index (χ3v) is 6.71. The monoisotopic (exact) mass is 356 g/mol. The number of rotatable bonds is 10. The number of ether oxygens (including phenoxy) is 1. The van der Waals surface area contributed by atoms with Crippen LogP contribution in [0.2, 0.25) is 13.1 Å². The molecule has 2 aromatic carbocycles. The van der Waals surface area contributed by atoms with Crippen LogP contribution in [-0.2, 0) is 4.74 Å². The summed E-state index contributed by atoms with van der Waals surface area (Å²) in [6.45, 7) is 10.1. The van der Waals surface area contributed by atoms with Crippen LogP contribution in [0.15, 0.2) is 55.1 Å². The molecule has 0 aliphatic heterocycles. The minimum absolute atomic E-state index is 0.0459. The first-order valence-electron chi connectivity index (χ1n) is 9.43. The molecule has 0 spiro atoms. The third-order valence-electron chi connectivity index (χ3n) is 4.71. The van der Waals surface area contributed by atoms with E-state index in [0.717, 1.165) is 24.8 Å². The second-order valence-electron chi connectivity index (χ2n) is 7.39. The van der Waals surface area contributed by atoms with Gasteiger partial charge in [0, 0.05) is 0 Å². The molecule has 0 unspecified atom stereocenters. The normalized spacial score (nSPS) is 14.4. The number of hydrogen-bond donors (Lipinski definition) is 1. The average Bonchev–Trinajstić information content (AvgIpc) is 2.59. The Balaban J connectivity index is 2.22. The molecule has 2 nitrogen and oxygen atoms in total. The van der Waals surface area contributed by atoms with Gasteiger partial charge in [0.1, 0.15) is 0 Å². The van der Waals surface area contributed by atoms with E-state index in [1.165, 1.54) is 23.6 Å². The molecule has 136 valence electrons. The highest BCUT2D eigenvalue weighted by Crippen LogP contribution is 2.30. The van der Waals surface area contributed by atoms with Crippen molar-refractivity contribution >= 4 is 19.1 Å². The molecular weight excluding hydrogens is 324 g/mol. The largest absolute Gasteiger partial charge is 0.430 e. The molecule has 2 atom stereocenters. The van der Waals surface area contributed by atoms with Crippen LogP contribution in [0.3, 0.4) is 0 Å². The highest BCUT2D eigenvalue weighted by Gasteiger charge is 2.33. The lowest BCUT2D eigenvalue weighted by Gasteiger charge is -2.31. The molecule has 1 N–H and O–H groups in total. The summed E-state index contributed by atoms with van der Waals surface area (Å²) in [5.74, 6) is 0. The van der Waals surface area contributed by atoms with Crippen molar-refractivity contribution < 1.29 is 9.53 Å². The maximum absolute atomic E-state index is 10.7. The summed E-state index contributed by atoms with van der Waals surface area (Å²) >= 11 is 0. The zero-order valence-electron chi connectivity index (χ0n) is 15.9. The minimum Gasteiger partial charge on any atom is -0.430 e. The molecule has 0 saturated carbocycles. The fourth-order valence-corrected chi connectivity index (χ4v) is 4.60. The van der Waals surface area contributed by atoms with Crippen molar-refractivity contribution in [1.29, 1.82) is 0 Å². The summed E-state index contributed by atoms with van der Waals surface area (Å²) in [6.07, 6.45) is 7.03. The quantitative estimate of drug-likeness (QED) is 0.314. The summed E-state index contributed by atoms with van der Waals surface area (Å²) in [5.41, 5.74) is 1.12. The van der Waals surface area contributed by atoms with Crippen molar-refractivity contribution in [3.8, 4) is 0 Å². The van der Waals surface area contributed by atoms with Gasteiger partial charge in [-0.05, 0) is 48.3 Å². The Bertz CT molecular complexity index is 675. The zero-order chi connectivity index (χ0) is 18.3. The molecule has 0 amide bonds. The van der Waals surface area contributed by atoms with Crippen LogP contribution in [0.1, 0.15) is 50.7 Å². The first kappa shape index (κ1) is 19.9. The van der Waals surface area contributed by atoms with Gasteiger partial charge in [0.25, 0.3) is 0 Å². The second kappa shape index (κ2) is 9.32. The van der Waals surface area contributed by atoms with Gasteiger partial charge in [-0.2, -0.15) is 0 Å². The van der Waals surface area contributed by atoms with Crippen molar-refractivity contribution in [2.75, 3.05) is 0 Å². The summed E-state index contributed by atoms with van der Waals surface area (Å²) in [6, 6.07) is 14.9. The molecule has 0 saturated heterocycles. The molecule has 25 heavy (non-hydrogen) atoms. The Labute approximate surface area is 153 Å². The minimum atomic E-state index is -2.37. The highest BCUT2D eigenvalue weighted by molar-refractivity contribution is 6.71. The number of fused-ring (bicyclic) bond motifs is 1. The van der Waals surface area contributed by atoms with Gasteiger partial charge >= 0.3 is 0 Å². The summed E-state index contributed by atoms with van der Waals surface area (Å²) in [7, 11) is -2.37. The van der Waals surface area contributed by atoms with Gasteiger partial charge in [0.15, 0.2) is 0 Å².